The quantitative estimate of drug-likeness (QED) is 0.487. The van der Waals surface area contributed by atoms with Crippen molar-refractivity contribution in [2.75, 3.05) is 25.0 Å². The van der Waals surface area contributed by atoms with Gasteiger partial charge in [0.1, 0.15) is 17.1 Å². The second kappa shape index (κ2) is 11.0. The molecule has 2 fully saturated rings. The monoisotopic (exact) mass is 482 g/mol. The summed E-state index contributed by atoms with van der Waals surface area (Å²) < 4.78 is 7.62. The molecule has 4 atom stereocenters. The second-order valence-corrected chi connectivity index (χ2v) is 11.4. The van der Waals surface area contributed by atoms with Crippen molar-refractivity contribution in [3.05, 3.63) is 24.4 Å². The molecule has 3 heterocycles. The summed E-state index contributed by atoms with van der Waals surface area (Å²) in [6.45, 7) is 12.8. The van der Waals surface area contributed by atoms with Gasteiger partial charge in [-0.25, -0.2) is 4.79 Å². The van der Waals surface area contributed by atoms with Crippen molar-refractivity contribution >= 4 is 11.9 Å². The molecule has 2 aliphatic rings. The Balaban J connectivity index is 1.21. The zero-order chi connectivity index (χ0) is 25.0. The normalized spacial score (nSPS) is 22.8. The fourth-order valence-corrected chi connectivity index (χ4v) is 5.59. The van der Waals surface area contributed by atoms with Crippen molar-refractivity contribution in [1.82, 2.24) is 24.9 Å². The predicted molar refractivity (Wildman–Crippen MR) is 138 cm³/mol. The Labute approximate surface area is 209 Å². The zero-order valence-corrected chi connectivity index (χ0v) is 22.0. The lowest BCUT2D eigenvalue weighted by Crippen LogP contribution is -2.36. The number of likely N-dealkylation sites (tertiary alicyclic amines) is 1. The van der Waals surface area contributed by atoms with Gasteiger partial charge in [-0.2, -0.15) is 5.10 Å². The predicted octanol–water partition coefficient (Wildman–Crippen LogP) is 5.79. The number of fused-ring (bicyclic) bond motifs is 1. The van der Waals surface area contributed by atoms with E-state index in [1.165, 1.54) is 25.7 Å². The molecule has 8 heteroatoms. The highest BCUT2D eigenvalue weighted by Gasteiger charge is 2.43. The molecule has 0 bridgehead atoms. The van der Waals surface area contributed by atoms with Gasteiger partial charge in [-0.15, -0.1) is 10.2 Å². The summed E-state index contributed by atoms with van der Waals surface area (Å²) in [5.41, 5.74) is 1.44. The average molecular weight is 483 g/mol. The molecule has 1 aliphatic carbocycles. The van der Waals surface area contributed by atoms with Crippen LogP contribution in [0.25, 0.3) is 11.4 Å². The molecule has 0 radical (unpaired) electrons. The van der Waals surface area contributed by atoms with Crippen LogP contribution in [0.3, 0.4) is 0 Å². The summed E-state index contributed by atoms with van der Waals surface area (Å²) in [7, 11) is 0. The Morgan fingerprint density at radius 3 is 2.54 bits per heavy atom. The number of unbranched alkanes of at least 4 members (excludes halogenated alkanes) is 1. The number of carbonyl (C=O) groups excluding carboxylic acids is 1. The Morgan fingerprint density at radius 1 is 1.17 bits per heavy atom. The lowest BCUT2D eigenvalue weighted by atomic mass is 10.0. The molecular weight excluding hydrogens is 440 g/mol. The fraction of sp³-hybridized carbons (Fsp3) is 0.704. The lowest BCUT2D eigenvalue weighted by molar-refractivity contribution is 0.0277. The van der Waals surface area contributed by atoms with Gasteiger partial charge in [0.15, 0.2) is 0 Å². The molecule has 0 spiro atoms. The van der Waals surface area contributed by atoms with Crippen molar-refractivity contribution < 1.29 is 9.53 Å². The van der Waals surface area contributed by atoms with Crippen molar-refractivity contribution in [3.63, 3.8) is 0 Å². The van der Waals surface area contributed by atoms with Crippen LogP contribution >= 0.6 is 0 Å². The number of hydrogen-bond acceptors (Lipinski definition) is 6. The van der Waals surface area contributed by atoms with Gasteiger partial charge in [0.2, 0.25) is 0 Å². The number of amides is 1. The largest absolute Gasteiger partial charge is 0.444 e. The molecule has 1 saturated carbocycles. The Kier molecular flexibility index (Phi) is 7.97. The number of anilines is 1. The summed E-state index contributed by atoms with van der Waals surface area (Å²) in [6.07, 6.45) is 8.67. The first kappa shape index (κ1) is 25.5. The van der Waals surface area contributed by atoms with Crippen molar-refractivity contribution in [2.24, 2.45) is 17.8 Å². The number of carbonyl (C=O) groups is 1. The van der Waals surface area contributed by atoms with E-state index in [0.29, 0.717) is 23.8 Å². The third kappa shape index (κ3) is 6.53. The van der Waals surface area contributed by atoms with Gasteiger partial charge in [-0.3, -0.25) is 4.68 Å². The zero-order valence-electron chi connectivity index (χ0n) is 22.0. The summed E-state index contributed by atoms with van der Waals surface area (Å²) >= 11 is 0. The third-order valence-corrected chi connectivity index (χ3v) is 7.35. The highest BCUT2D eigenvalue weighted by molar-refractivity contribution is 5.68. The van der Waals surface area contributed by atoms with Crippen LogP contribution in [0.2, 0.25) is 0 Å². The molecule has 2 aromatic rings. The van der Waals surface area contributed by atoms with Crippen molar-refractivity contribution in [2.45, 2.75) is 84.8 Å². The molecular formula is C27H42N6O2. The Morgan fingerprint density at radius 2 is 1.91 bits per heavy atom. The van der Waals surface area contributed by atoms with Gasteiger partial charge in [0.05, 0.1) is 5.69 Å². The van der Waals surface area contributed by atoms with E-state index >= 15 is 0 Å². The SMILES string of the molecule is CCCCC(C)n1nccc1-c1ccc(NCCC2C[C@@H]3CN(C(=O)OC(C)(C)C)C[C@@H]3C2)nn1. The van der Waals surface area contributed by atoms with Crippen LogP contribution in [-0.2, 0) is 4.74 Å². The molecule has 4 rings (SSSR count). The molecule has 1 saturated heterocycles. The van der Waals surface area contributed by atoms with E-state index in [1.807, 2.05) is 50.1 Å². The van der Waals surface area contributed by atoms with Gasteiger partial charge < -0.3 is 15.0 Å². The topological polar surface area (TPSA) is 85.2 Å². The standard InChI is InChI=1S/C27H42N6O2/c1-6-7-8-19(2)33-24(12-14-29-33)23-9-10-25(31-30-23)28-13-11-20-15-21-17-32(18-22(21)16-20)26(34)35-27(3,4)5/h9-10,12,14,19-22H,6-8,11,13,15-18H2,1-5H3,(H,28,31)/t19?,20?,21-,22+. The second-order valence-electron chi connectivity index (χ2n) is 11.4. The van der Waals surface area contributed by atoms with Gasteiger partial charge in [-0.1, -0.05) is 19.8 Å². The number of ether oxygens (including phenoxy) is 1. The van der Waals surface area contributed by atoms with E-state index < -0.39 is 5.60 Å². The minimum absolute atomic E-state index is 0.161. The molecule has 1 amide bonds. The molecule has 192 valence electrons. The maximum Gasteiger partial charge on any atom is 0.410 e. The average Bonchev–Trinajstić information content (AvgIpc) is 3.52. The van der Waals surface area contributed by atoms with Crippen LogP contribution in [0.5, 0.6) is 0 Å². The van der Waals surface area contributed by atoms with E-state index in [2.05, 4.69) is 39.1 Å². The minimum Gasteiger partial charge on any atom is -0.444 e. The van der Waals surface area contributed by atoms with Crippen LogP contribution in [0.4, 0.5) is 10.6 Å². The van der Waals surface area contributed by atoms with Gasteiger partial charge in [0.25, 0.3) is 0 Å². The van der Waals surface area contributed by atoms with Crippen LogP contribution in [0.1, 0.15) is 79.2 Å². The first-order chi connectivity index (χ1) is 16.7. The number of rotatable bonds is 9. The third-order valence-electron chi connectivity index (χ3n) is 7.35. The van der Waals surface area contributed by atoms with Crippen LogP contribution < -0.4 is 5.32 Å². The van der Waals surface area contributed by atoms with Gasteiger partial charge in [0, 0.05) is 31.9 Å². The lowest BCUT2D eigenvalue weighted by Gasteiger charge is -2.25. The van der Waals surface area contributed by atoms with Gasteiger partial charge >= 0.3 is 6.09 Å². The minimum atomic E-state index is -0.432. The Hall–Kier alpha value is -2.64. The highest BCUT2D eigenvalue weighted by atomic mass is 16.6. The maximum atomic E-state index is 12.4. The summed E-state index contributed by atoms with van der Waals surface area (Å²) in [4.78, 5) is 14.3. The molecule has 0 aromatic carbocycles. The van der Waals surface area contributed by atoms with E-state index in [9.17, 15) is 4.79 Å². The van der Waals surface area contributed by atoms with Crippen molar-refractivity contribution in [3.8, 4) is 11.4 Å². The maximum absolute atomic E-state index is 12.4. The molecule has 8 nitrogen and oxygen atoms in total. The first-order valence-electron chi connectivity index (χ1n) is 13.3. The van der Waals surface area contributed by atoms with E-state index in [0.717, 1.165) is 49.7 Å². The van der Waals surface area contributed by atoms with Crippen LogP contribution in [0, 0.1) is 17.8 Å². The van der Waals surface area contributed by atoms with E-state index in [4.69, 9.17) is 4.74 Å². The molecule has 1 N–H and O–H groups in total. The summed E-state index contributed by atoms with van der Waals surface area (Å²) in [5, 5.41) is 16.9. The summed E-state index contributed by atoms with van der Waals surface area (Å²) in [6, 6.07) is 6.40. The highest BCUT2D eigenvalue weighted by Crippen LogP contribution is 2.43. The first-order valence-corrected chi connectivity index (χ1v) is 13.3. The summed E-state index contributed by atoms with van der Waals surface area (Å²) in [5.74, 6) is 2.73. The number of nitrogens with one attached hydrogen (secondary N) is 1. The molecule has 35 heavy (non-hydrogen) atoms. The number of nitrogens with zero attached hydrogens (tertiary/aromatic N) is 5. The number of hydrogen-bond donors (Lipinski definition) is 1. The van der Waals surface area contributed by atoms with Crippen molar-refractivity contribution in [1.29, 1.82) is 0 Å². The van der Waals surface area contributed by atoms with Gasteiger partial charge in [-0.05, 0) is 89.3 Å². The van der Waals surface area contributed by atoms with Crippen LogP contribution in [0.15, 0.2) is 24.4 Å². The van der Waals surface area contributed by atoms with E-state index in [1.54, 1.807) is 0 Å². The number of aromatic nitrogens is 4. The van der Waals surface area contributed by atoms with E-state index in [-0.39, 0.29) is 6.09 Å². The van der Waals surface area contributed by atoms with Crippen LogP contribution in [-0.4, -0.2) is 56.2 Å². The molecule has 2 aromatic heterocycles. The fourth-order valence-electron chi connectivity index (χ4n) is 5.59. The molecule has 2 unspecified atom stereocenters. The molecule has 1 aliphatic heterocycles. The Bertz CT molecular complexity index is 953. The smallest absolute Gasteiger partial charge is 0.410 e.